The second-order valence-corrected chi connectivity index (χ2v) is 5.25. The van der Waals surface area contributed by atoms with Gasteiger partial charge in [-0.1, -0.05) is 12.1 Å². The SMILES string of the molecule is CN(Cc1ccc(OC(F)F)cc1)C(=O)c1ccc(NC(N)=O)cc1. The van der Waals surface area contributed by atoms with Crippen LogP contribution in [-0.2, 0) is 6.54 Å². The number of carbonyl (C=O) groups is 2. The second kappa shape index (κ2) is 8.09. The summed E-state index contributed by atoms with van der Waals surface area (Å²) in [5, 5.41) is 2.41. The van der Waals surface area contributed by atoms with Crippen LogP contribution in [0.1, 0.15) is 15.9 Å². The van der Waals surface area contributed by atoms with Crippen LogP contribution in [0.15, 0.2) is 48.5 Å². The van der Waals surface area contributed by atoms with Crippen LogP contribution >= 0.6 is 0 Å². The molecular formula is C17H17F2N3O3. The molecule has 0 spiro atoms. The monoisotopic (exact) mass is 349 g/mol. The van der Waals surface area contributed by atoms with Crippen molar-refractivity contribution in [1.82, 2.24) is 4.90 Å². The lowest BCUT2D eigenvalue weighted by Gasteiger charge is -2.18. The highest BCUT2D eigenvalue weighted by Crippen LogP contribution is 2.17. The van der Waals surface area contributed by atoms with E-state index in [0.29, 0.717) is 17.8 Å². The van der Waals surface area contributed by atoms with E-state index in [1.54, 1.807) is 43.4 Å². The van der Waals surface area contributed by atoms with E-state index in [0.717, 1.165) is 5.56 Å². The minimum absolute atomic E-state index is 0.0604. The number of hydrogen-bond acceptors (Lipinski definition) is 3. The summed E-state index contributed by atoms with van der Waals surface area (Å²) < 4.78 is 28.5. The summed E-state index contributed by atoms with van der Waals surface area (Å²) in [6.45, 7) is -2.57. The molecule has 2 rings (SSSR count). The zero-order chi connectivity index (χ0) is 18.4. The summed E-state index contributed by atoms with van der Waals surface area (Å²) >= 11 is 0. The lowest BCUT2D eigenvalue weighted by molar-refractivity contribution is -0.0498. The van der Waals surface area contributed by atoms with Crippen molar-refractivity contribution in [2.45, 2.75) is 13.2 Å². The van der Waals surface area contributed by atoms with Crippen LogP contribution < -0.4 is 15.8 Å². The summed E-state index contributed by atoms with van der Waals surface area (Å²) in [6, 6.07) is 11.7. The molecule has 0 heterocycles. The molecule has 0 saturated heterocycles. The lowest BCUT2D eigenvalue weighted by atomic mass is 10.1. The zero-order valence-electron chi connectivity index (χ0n) is 13.4. The third-order valence-electron chi connectivity index (χ3n) is 3.31. The smallest absolute Gasteiger partial charge is 0.387 e. The average molecular weight is 349 g/mol. The van der Waals surface area contributed by atoms with Crippen LogP contribution in [0.5, 0.6) is 5.75 Å². The molecule has 0 radical (unpaired) electrons. The molecule has 0 saturated carbocycles. The van der Waals surface area contributed by atoms with E-state index >= 15 is 0 Å². The first-order valence-corrected chi connectivity index (χ1v) is 7.31. The third kappa shape index (κ3) is 5.45. The van der Waals surface area contributed by atoms with Crippen molar-refractivity contribution in [1.29, 1.82) is 0 Å². The predicted molar refractivity (Wildman–Crippen MR) is 88.5 cm³/mol. The molecule has 3 amide bonds. The summed E-state index contributed by atoms with van der Waals surface area (Å²) in [5.74, 6) is -0.163. The molecular weight excluding hydrogens is 332 g/mol. The molecule has 0 unspecified atom stereocenters. The summed E-state index contributed by atoms with van der Waals surface area (Å²) in [6.07, 6.45) is 0. The zero-order valence-corrected chi connectivity index (χ0v) is 13.4. The highest BCUT2D eigenvalue weighted by molar-refractivity contribution is 5.95. The Labute approximate surface area is 143 Å². The van der Waals surface area contributed by atoms with Gasteiger partial charge in [0.05, 0.1) is 0 Å². The van der Waals surface area contributed by atoms with Crippen molar-refractivity contribution in [3.05, 3.63) is 59.7 Å². The molecule has 2 aromatic carbocycles. The molecule has 0 aromatic heterocycles. The Bertz CT molecular complexity index is 734. The Morgan fingerprint density at radius 1 is 1.12 bits per heavy atom. The van der Waals surface area contributed by atoms with Gasteiger partial charge < -0.3 is 20.7 Å². The number of halogens is 2. The molecule has 25 heavy (non-hydrogen) atoms. The fraction of sp³-hybridized carbons (Fsp3) is 0.176. The number of benzene rings is 2. The number of nitrogens with zero attached hydrogens (tertiary/aromatic N) is 1. The largest absolute Gasteiger partial charge is 0.435 e. The number of urea groups is 1. The van der Waals surface area contributed by atoms with Crippen molar-refractivity contribution >= 4 is 17.6 Å². The van der Waals surface area contributed by atoms with Crippen molar-refractivity contribution in [2.24, 2.45) is 5.73 Å². The molecule has 0 aliphatic carbocycles. The first-order chi connectivity index (χ1) is 11.8. The van der Waals surface area contributed by atoms with Crippen molar-refractivity contribution in [3.8, 4) is 5.75 Å². The molecule has 0 atom stereocenters. The van der Waals surface area contributed by atoms with Crippen LogP contribution in [-0.4, -0.2) is 30.5 Å². The molecule has 3 N–H and O–H groups in total. The maximum absolute atomic E-state index is 12.4. The van der Waals surface area contributed by atoms with Crippen LogP contribution in [0.2, 0.25) is 0 Å². The van der Waals surface area contributed by atoms with Crippen LogP contribution in [0.3, 0.4) is 0 Å². The number of alkyl halides is 2. The van der Waals surface area contributed by atoms with Crippen LogP contribution in [0.25, 0.3) is 0 Å². The van der Waals surface area contributed by atoms with Gasteiger partial charge in [0.25, 0.3) is 5.91 Å². The van der Waals surface area contributed by atoms with Gasteiger partial charge in [-0.2, -0.15) is 8.78 Å². The molecule has 2 aromatic rings. The molecule has 0 aliphatic heterocycles. The van der Waals surface area contributed by atoms with Crippen molar-refractivity contribution < 1.29 is 23.1 Å². The number of anilines is 1. The van der Waals surface area contributed by atoms with E-state index in [1.807, 2.05) is 0 Å². The van der Waals surface area contributed by atoms with E-state index in [-0.39, 0.29) is 11.7 Å². The Hall–Kier alpha value is -3.16. The summed E-state index contributed by atoms with van der Waals surface area (Å²) in [7, 11) is 1.63. The van der Waals surface area contributed by atoms with Gasteiger partial charge in [0.1, 0.15) is 5.75 Å². The average Bonchev–Trinajstić information content (AvgIpc) is 2.55. The summed E-state index contributed by atoms with van der Waals surface area (Å²) in [4.78, 5) is 24.6. The highest BCUT2D eigenvalue weighted by atomic mass is 19.3. The highest BCUT2D eigenvalue weighted by Gasteiger charge is 2.12. The molecule has 0 fully saturated rings. The van der Waals surface area contributed by atoms with Crippen molar-refractivity contribution in [3.63, 3.8) is 0 Å². The minimum Gasteiger partial charge on any atom is -0.435 e. The van der Waals surface area contributed by atoms with Gasteiger partial charge in [0.2, 0.25) is 0 Å². The maximum atomic E-state index is 12.4. The number of rotatable bonds is 6. The quantitative estimate of drug-likeness (QED) is 0.841. The van der Waals surface area contributed by atoms with Gasteiger partial charge in [0.15, 0.2) is 0 Å². The van der Waals surface area contributed by atoms with Gasteiger partial charge in [-0.25, -0.2) is 4.79 Å². The number of nitrogens with two attached hydrogens (primary N) is 1. The van der Waals surface area contributed by atoms with Gasteiger partial charge in [-0.15, -0.1) is 0 Å². The first kappa shape index (κ1) is 18.2. The van der Waals surface area contributed by atoms with E-state index < -0.39 is 12.6 Å². The fourth-order valence-corrected chi connectivity index (χ4v) is 2.18. The third-order valence-corrected chi connectivity index (χ3v) is 3.31. The van der Waals surface area contributed by atoms with E-state index in [4.69, 9.17) is 5.73 Å². The number of primary amides is 1. The number of carbonyl (C=O) groups excluding carboxylic acids is 2. The number of amides is 3. The molecule has 0 aliphatic rings. The Morgan fingerprint density at radius 3 is 2.24 bits per heavy atom. The fourth-order valence-electron chi connectivity index (χ4n) is 2.18. The first-order valence-electron chi connectivity index (χ1n) is 7.31. The Balaban J connectivity index is 1.98. The molecule has 6 nitrogen and oxygen atoms in total. The van der Waals surface area contributed by atoms with Gasteiger partial charge >= 0.3 is 12.6 Å². The summed E-state index contributed by atoms with van der Waals surface area (Å²) in [5.41, 5.74) is 6.71. The molecule has 0 bridgehead atoms. The normalized spacial score (nSPS) is 10.4. The van der Waals surface area contributed by atoms with Crippen molar-refractivity contribution in [2.75, 3.05) is 12.4 Å². The van der Waals surface area contributed by atoms with E-state index in [2.05, 4.69) is 10.1 Å². The van der Waals surface area contributed by atoms with Crippen LogP contribution in [0.4, 0.5) is 19.3 Å². The maximum Gasteiger partial charge on any atom is 0.387 e. The van der Waals surface area contributed by atoms with E-state index in [9.17, 15) is 18.4 Å². The Kier molecular flexibility index (Phi) is 5.89. The topological polar surface area (TPSA) is 84.7 Å². The second-order valence-electron chi connectivity index (χ2n) is 5.25. The minimum atomic E-state index is -2.87. The lowest BCUT2D eigenvalue weighted by Crippen LogP contribution is -2.26. The van der Waals surface area contributed by atoms with Crippen LogP contribution in [0, 0.1) is 0 Å². The number of nitrogens with one attached hydrogen (secondary N) is 1. The Morgan fingerprint density at radius 2 is 1.72 bits per heavy atom. The predicted octanol–water partition coefficient (Wildman–Crippen LogP) is 3.05. The molecule has 8 heteroatoms. The molecule has 132 valence electrons. The van der Waals surface area contributed by atoms with E-state index in [1.165, 1.54) is 17.0 Å². The van der Waals surface area contributed by atoms with Gasteiger partial charge in [-0.3, -0.25) is 4.79 Å². The standard InChI is InChI=1S/C17H17F2N3O3/c1-22(10-11-2-8-14(9-3-11)25-16(18)19)15(23)12-4-6-13(7-5-12)21-17(20)24/h2-9,16H,10H2,1H3,(H3,20,21,24). The number of ether oxygens (including phenoxy) is 1. The number of hydrogen-bond donors (Lipinski definition) is 2. The van der Waals surface area contributed by atoms with Gasteiger partial charge in [-0.05, 0) is 42.0 Å². The van der Waals surface area contributed by atoms with Gasteiger partial charge in [0, 0.05) is 24.8 Å².